The third-order valence-corrected chi connectivity index (χ3v) is 6.35. The average molecular weight is 457 g/mol. The number of esters is 2. The van der Waals surface area contributed by atoms with E-state index in [9.17, 15) is 14.4 Å². The predicted molar refractivity (Wildman–Crippen MR) is 117 cm³/mol. The van der Waals surface area contributed by atoms with E-state index in [1.165, 1.54) is 36.3 Å². The number of methoxy groups -OCH3 is 1. The number of hydrogen-bond donors (Lipinski definition) is 1. The van der Waals surface area contributed by atoms with Gasteiger partial charge in [0.25, 0.3) is 5.91 Å². The van der Waals surface area contributed by atoms with Crippen molar-refractivity contribution in [1.82, 2.24) is 4.98 Å². The summed E-state index contributed by atoms with van der Waals surface area (Å²) in [6.07, 6.45) is 2.90. The number of aryl methyl sites for hydroxylation is 1. The van der Waals surface area contributed by atoms with Gasteiger partial charge in [0.05, 0.1) is 18.2 Å². The highest BCUT2D eigenvalue weighted by Gasteiger charge is 2.29. The number of benzene rings is 1. The Morgan fingerprint density at radius 2 is 1.94 bits per heavy atom. The Bertz CT molecular complexity index is 1190. The Morgan fingerprint density at radius 3 is 2.71 bits per heavy atom. The first kappa shape index (κ1) is 21.0. The lowest BCUT2D eigenvalue weighted by atomic mass is 9.89. The van der Waals surface area contributed by atoms with Gasteiger partial charge in [0.15, 0.2) is 6.61 Å². The van der Waals surface area contributed by atoms with E-state index in [1.54, 1.807) is 6.07 Å². The molecular weight excluding hydrogens is 440 g/mol. The van der Waals surface area contributed by atoms with Crippen molar-refractivity contribution < 1.29 is 23.9 Å². The molecule has 0 radical (unpaired) electrons. The molecule has 0 saturated heterocycles. The van der Waals surface area contributed by atoms with Crippen LogP contribution in [-0.4, -0.2) is 36.5 Å². The van der Waals surface area contributed by atoms with Crippen LogP contribution >= 0.6 is 22.9 Å². The molecule has 0 bridgehead atoms. The third-order valence-electron chi connectivity index (χ3n) is 4.87. The Kier molecular flexibility index (Phi) is 6.01. The van der Waals surface area contributed by atoms with E-state index in [4.69, 9.17) is 21.1 Å². The summed E-state index contributed by atoms with van der Waals surface area (Å²) in [4.78, 5) is 41.8. The Hall–Kier alpha value is -3.23. The summed E-state index contributed by atoms with van der Waals surface area (Å²) in [6.45, 7) is -0.538. The van der Waals surface area contributed by atoms with E-state index in [0.717, 1.165) is 22.4 Å². The molecular formula is C22H17ClN2O5S. The number of amides is 1. The first-order chi connectivity index (χ1) is 15.0. The van der Waals surface area contributed by atoms with Crippen molar-refractivity contribution in [3.05, 3.63) is 70.0 Å². The fraction of sp³-hybridized carbons (Fsp3) is 0.182. The van der Waals surface area contributed by atoms with Crippen LogP contribution in [0.3, 0.4) is 0 Å². The van der Waals surface area contributed by atoms with Crippen LogP contribution in [0.25, 0.3) is 10.4 Å². The standard InChI is InChI=1S/C22H17ClN2O5S/c1-29-22(28)17-14-9-8-12-5-2-3-6-13(12)18(14)31-20(17)25-16(26)11-30-21(27)15-7-4-10-24-19(15)23/h2-7,10H,8-9,11H2,1H3,(H,25,26). The first-order valence-corrected chi connectivity index (χ1v) is 10.6. The molecule has 7 nitrogen and oxygen atoms in total. The van der Waals surface area contributed by atoms with Crippen LogP contribution < -0.4 is 5.32 Å². The second-order valence-corrected chi connectivity index (χ2v) is 8.11. The summed E-state index contributed by atoms with van der Waals surface area (Å²) < 4.78 is 9.99. The van der Waals surface area contributed by atoms with Crippen molar-refractivity contribution >= 4 is 45.8 Å². The van der Waals surface area contributed by atoms with Crippen LogP contribution in [0.15, 0.2) is 42.6 Å². The topological polar surface area (TPSA) is 94.6 Å². The minimum absolute atomic E-state index is 0.00881. The zero-order chi connectivity index (χ0) is 22.0. The molecule has 158 valence electrons. The molecule has 1 aliphatic rings. The van der Waals surface area contributed by atoms with Gasteiger partial charge in [-0.2, -0.15) is 0 Å². The molecule has 4 rings (SSSR count). The SMILES string of the molecule is COC(=O)c1c(NC(=O)COC(=O)c2cccnc2Cl)sc2c1CCc1ccccc1-2. The van der Waals surface area contributed by atoms with Crippen LogP contribution in [0.4, 0.5) is 5.00 Å². The van der Waals surface area contributed by atoms with Gasteiger partial charge in [-0.1, -0.05) is 35.9 Å². The number of halogens is 1. The number of fused-ring (bicyclic) bond motifs is 3. The molecule has 31 heavy (non-hydrogen) atoms. The highest BCUT2D eigenvalue weighted by molar-refractivity contribution is 7.20. The maximum absolute atomic E-state index is 12.5. The molecule has 1 aliphatic carbocycles. The lowest BCUT2D eigenvalue weighted by Crippen LogP contribution is -2.22. The molecule has 2 heterocycles. The van der Waals surface area contributed by atoms with E-state index in [1.807, 2.05) is 18.2 Å². The summed E-state index contributed by atoms with van der Waals surface area (Å²) in [7, 11) is 1.30. The van der Waals surface area contributed by atoms with E-state index in [-0.39, 0.29) is 10.7 Å². The molecule has 0 saturated carbocycles. The molecule has 3 aromatic rings. The second-order valence-electron chi connectivity index (χ2n) is 6.73. The summed E-state index contributed by atoms with van der Waals surface area (Å²) in [5.41, 5.74) is 3.48. The zero-order valence-corrected chi connectivity index (χ0v) is 18.0. The van der Waals surface area contributed by atoms with Gasteiger partial charge in [0, 0.05) is 11.1 Å². The summed E-state index contributed by atoms with van der Waals surface area (Å²) in [6, 6.07) is 11.0. The molecule has 0 unspecified atom stereocenters. The molecule has 1 amide bonds. The maximum Gasteiger partial charge on any atom is 0.341 e. The van der Waals surface area contributed by atoms with E-state index in [0.29, 0.717) is 17.0 Å². The van der Waals surface area contributed by atoms with Crippen molar-refractivity contribution in [2.24, 2.45) is 0 Å². The zero-order valence-electron chi connectivity index (χ0n) is 16.4. The number of aromatic nitrogens is 1. The molecule has 0 atom stereocenters. The average Bonchev–Trinajstić information content (AvgIpc) is 3.15. The highest BCUT2D eigenvalue weighted by Crippen LogP contribution is 2.45. The highest BCUT2D eigenvalue weighted by atomic mass is 35.5. The van der Waals surface area contributed by atoms with Crippen molar-refractivity contribution in [2.75, 3.05) is 19.0 Å². The van der Waals surface area contributed by atoms with Crippen LogP contribution in [-0.2, 0) is 27.1 Å². The fourth-order valence-corrected chi connectivity index (χ4v) is 4.97. The summed E-state index contributed by atoms with van der Waals surface area (Å²) in [5, 5.41) is 3.05. The minimum Gasteiger partial charge on any atom is -0.465 e. The fourth-order valence-electron chi connectivity index (χ4n) is 3.46. The van der Waals surface area contributed by atoms with Crippen molar-refractivity contribution in [3.63, 3.8) is 0 Å². The lowest BCUT2D eigenvalue weighted by Gasteiger charge is -2.16. The number of ether oxygens (including phenoxy) is 2. The van der Waals surface area contributed by atoms with Gasteiger partial charge in [-0.3, -0.25) is 4.79 Å². The molecule has 1 aromatic carbocycles. The molecule has 0 aliphatic heterocycles. The number of nitrogens with zero attached hydrogens (tertiary/aromatic N) is 1. The minimum atomic E-state index is -0.763. The number of pyridine rings is 1. The maximum atomic E-state index is 12.5. The smallest absolute Gasteiger partial charge is 0.341 e. The number of carbonyl (C=O) groups excluding carboxylic acids is 3. The molecule has 0 spiro atoms. The molecule has 9 heteroatoms. The number of anilines is 1. The monoisotopic (exact) mass is 456 g/mol. The van der Waals surface area contributed by atoms with Gasteiger partial charge in [0.2, 0.25) is 0 Å². The van der Waals surface area contributed by atoms with E-state index >= 15 is 0 Å². The van der Waals surface area contributed by atoms with Crippen molar-refractivity contribution in [3.8, 4) is 10.4 Å². The Balaban J connectivity index is 1.55. The Morgan fingerprint density at radius 1 is 1.13 bits per heavy atom. The molecule has 0 fully saturated rings. The molecule has 1 N–H and O–H groups in total. The van der Waals surface area contributed by atoms with Crippen LogP contribution in [0, 0.1) is 0 Å². The first-order valence-electron chi connectivity index (χ1n) is 9.39. The van der Waals surface area contributed by atoms with Crippen molar-refractivity contribution in [1.29, 1.82) is 0 Å². The predicted octanol–water partition coefficient (Wildman–Crippen LogP) is 4.14. The number of thiophene rings is 1. The lowest BCUT2D eigenvalue weighted by molar-refractivity contribution is -0.119. The summed E-state index contributed by atoms with van der Waals surface area (Å²) in [5.74, 6) is -1.86. The van der Waals surface area contributed by atoms with E-state index < -0.39 is 24.5 Å². The number of hydrogen-bond acceptors (Lipinski definition) is 7. The molecule has 2 aromatic heterocycles. The summed E-state index contributed by atoms with van der Waals surface area (Å²) >= 11 is 7.18. The largest absolute Gasteiger partial charge is 0.465 e. The van der Waals surface area contributed by atoms with E-state index in [2.05, 4.69) is 16.4 Å². The quantitative estimate of drug-likeness (QED) is 0.458. The Labute approximate surface area is 187 Å². The van der Waals surface area contributed by atoms with Gasteiger partial charge in [0.1, 0.15) is 10.2 Å². The third kappa shape index (κ3) is 4.17. The van der Waals surface area contributed by atoms with Gasteiger partial charge in [-0.05, 0) is 41.7 Å². The van der Waals surface area contributed by atoms with Gasteiger partial charge >= 0.3 is 11.9 Å². The van der Waals surface area contributed by atoms with Gasteiger partial charge < -0.3 is 14.8 Å². The van der Waals surface area contributed by atoms with Crippen molar-refractivity contribution in [2.45, 2.75) is 12.8 Å². The number of rotatable bonds is 5. The van der Waals surface area contributed by atoms with Gasteiger partial charge in [-0.25, -0.2) is 14.6 Å². The number of nitrogens with one attached hydrogen (secondary N) is 1. The van der Waals surface area contributed by atoms with Gasteiger partial charge in [-0.15, -0.1) is 11.3 Å². The second kappa shape index (κ2) is 8.87. The van der Waals surface area contributed by atoms with Crippen LogP contribution in [0.5, 0.6) is 0 Å². The van der Waals surface area contributed by atoms with Crippen LogP contribution in [0.1, 0.15) is 31.8 Å². The normalized spacial score (nSPS) is 11.8. The van der Waals surface area contributed by atoms with Crippen LogP contribution in [0.2, 0.25) is 5.15 Å². The number of carbonyl (C=O) groups is 3.